The maximum Gasteiger partial charge on any atom is 0.340 e. The van der Waals surface area contributed by atoms with Crippen molar-refractivity contribution in [3.63, 3.8) is 0 Å². The van der Waals surface area contributed by atoms with Crippen LogP contribution in [0.1, 0.15) is 15.9 Å². The molecule has 0 amide bonds. The van der Waals surface area contributed by atoms with Crippen molar-refractivity contribution in [2.45, 2.75) is 5.88 Å². The van der Waals surface area contributed by atoms with Gasteiger partial charge in [-0.15, -0.1) is 11.6 Å². The molecule has 0 bridgehead atoms. The second-order valence-corrected chi connectivity index (χ2v) is 4.15. The average molecular weight is 304 g/mol. The Morgan fingerprint density at radius 1 is 1.69 bits per heavy atom. The Hall–Kier alpha value is -1.07. The van der Waals surface area contributed by atoms with E-state index in [1.165, 1.54) is 7.11 Å². The SMILES string of the molecule is COC(=O)c1ccnn2c(Br)c(CCl)cc12. The first kappa shape index (κ1) is 11.4. The summed E-state index contributed by atoms with van der Waals surface area (Å²) < 4.78 is 7.07. The Bertz CT molecular complexity index is 553. The highest BCUT2D eigenvalue weighted by Gasteiger charge is 2.15. The lowest BCUT2D eigenvalue weighted by Gasteiger charge is -2.01. The number of nitrogens with zero attached hydrogens (tertiary/aromatic N) is 2. The van der Waals surface area contributed by atoms with Crippen LogP contribution in [0.2, 0.25) is 0 Å². The van der Waals surface area contributed by atoms with Gasteiger partial charge >= 0.3 is 5.97 Å². The topological polar surface area (TPSA) is 43.6 Å². The number of carbonyl (C=O) groups is 1. The van der Waals surface area contributed by atoms with Crippen LogP contribution in [0.25, 0.3) is 5.52 Å². The number of methoxy groups -OCH3 is 1. The number of fused-ring (bicyclic) bond motifs is 1. The van der Waals surface area contributed by atoms with E-state index in [1.54, 1.807) is 16.8 Å². The normalized spacial score (nSPS) is 10.7. The first-order valence-electron chi connectivity index (χ1n) is 4.48. The molecule has 16 heavy (non-hydrogen) atoms. The molecule has 0 radical (unpaired) electrons. The number of esters is 1. The minimum atomic E-state index is -0.390. The van der Waals surface area contributed by atoms with Crippen LogP contribution in [-0.2, 0) is 10.6 Å². The van der Waals surface area contributed by atoms with Gasteiger partial charge in [-0.1, -0.05) is 0 Å². The summed E-state index contributed by atoms with van der Waals surface area (Å²) in [6, 6.07) is 3.43. The number of hydrogen-bond acceptors (Lipinski definition) is 3. The van der Waals surface area contributed by atoms with Gasteiger partial charge in [0.1, 0.15) is 4.60 Å². The monoisotopic (exact) mass is 302 g/mol. The minimum absolute atomic E-state index is 0.352. The molecule has 84 valence electrons. The third-order valence-corrected chi connectivity index (χ3v) is 3.37. The van der Waals surface area contributed by atoms with Crippen molar-refractivity contribution >= 4 is 39.0 Å². The van der Waals surface area contributed by atoms with E-state index < -0.39 is 5.97 Å². The van der Waals surface area contributed by atoms with Gasteiger partial charge in [-0.05, 0) is 28.1 Å². The number of carbonyl (C=O) groups excluding carboxylic acids is 1. The molecule has 2 heterocycles. The van der Waals surface area contributed by atoms with Gasteiger partial charge in [-0.2, -0.15) is 5.10 Å². The summed E-state index contributed by atoms with van der Waals surface area (Å²) in [5.74, 6) is -0.0385. The van der Waals surface area contributed by atoms with Crippen molar-refractivity contribution in [1.29, 1.82) is 0 Å². The molecule has 0 saturated heterocycles. The lowest BCUT2D eigenvalue weighted by atomic mass is 10.2. The van der Waals surface area contributed by atoms with Gasteiger partial charge in [0.25, 0.3) is 0 Å². The molecule has 0 N–H and O–H groups in total. The predicted octanol–water partition coefficient (Wildman–Crippen LogP) is 2.62. The molecule has 0 fully saturated rings. The van der Waals surface area contributed by atoms with E-state index in [0.29, 0.717) is 17.0 Å². The number of halogens is 2. The van der Waals surface area contributed by atoms with Crippen molar-refractivity contribution in [1.82, 2.24) is 9.61 Å². The smallest absolute Gasteiger partial charge is 0.340 e. The van der Waals surface area contributed by atoms with Crippen molar-refractivity contribution in [2.75, 3.05) is 7.11 Å². The van der Waals surface area contributed by atoms with Crippen LogP contribution >= 0.6 is 27.5 Å². The van der Waals surface area contributed by atoms with Gasteiger partial charge in [-0.3, -0.25) is 0 Å². The second kappa shape index (κ2) is 4.43. The number of aromatic nitrogens is 2. The molecule has 2 rings (SSSR count). The molecule has 4 nitrogen and oxygen atoms in total. The lowest BCUT2D eigenvalue weighted by Crippen LogP contribution is -2.04. The Morgan fingerprint density at radius 3 is 3.06 bits per heavy atom. The zero-order valence-electron chi connectivity index (χ0n) is 8.41. The van der Waals surface area contributed by atoms with Crippen molar-refractivity contribution in [2.24, 2.45) is 0 Å². The van der Waals surface area contributed by atoms with E-state index in [4.69, 9.17) is 16.3 Å². The van der Waals surface area contributed by atoms with Crippen LogP contribution in [0.5, 0.6) is 0 Å². The number of rotatable bonds is 2. The Labute approximate surface area is 105 Å². The fraction of sp³-hybridized carbons (Fsp3) is 0.200. The van der Waals surface area contributed by atoms with Gasteiger partial charge in [0.05, 0.1) is 24.1 Å². The quantitative estimate of drug-likeness (QED) is 0.633. The van der Waals surface area contributed by atoms with Gasteiger partial charge < -0.3 is 4.74 Å². The third-order valence-electron chi connectivity index (χ3n) is 2.24. The van der Waals surface area contributed by atoms with E-state index in [-0.39, 0.29) is 0 Å². The van der Waals surface area contributed by atoms with E-state index in [2.05, 4.69) is 21.0 Å². The zero-order valence-corrected chi connectivity index (χ0v) is 10.7. The first-order chi connectivity index (χ1) is 7.69. The summed E-state index contributed by atoms with van der Waals surface area (Å²) in [6.07, 6.45) is 1.54. The summed E-state index contributed by atoms with van der Waals surface area (Å²) in [4.78, 5) is 11.5. The van der Waals surface area contributed by atoms with E-state index in [1.807, 2.05) is 6.07 Å². The Kier molecular flexibility index (Phi) is 3.16. The standard InChI is InChI=1S/C10H8BrClN2O2/c1-16-10(15)7-2-3-13-14-8(7)4-6(5-12)9(14)11/h2-4H,5H2,1H3. The molecule has 6 heteroatoms. The summed E-state index contributed by atoms with van der Waals surface area (Å²) in [5, 5.41) is 4.13. The molecular formula is C10H8BrClN2O2. The van der Waals surface area contributed by atoms with Gasteiger partial charge in [-0.25, -0.2) is 9.31 Å². The maximum absolute atomic E-state index is 11.5. The molecule has 0 atom stereocenters. The van der Waals surface area contributed by atoms with Crippen LogP contribution < -0.4 is 0 Å². The molecular weight excluding hydrogens is 295 g/mol. The zero-order chi connectivity index (χ0) is 11.7. The molecule has 2 aromatic rings. The molecule has 0 saturated carbocycles. The molecule has 0 aliphatic carbocycles. The Morgan fingerprint density at radius 2 is 2.44 bits per heavy atom. The number of alkyl halides is 1. The highest BCUT2D eigenvalue weighted by atomic mass is 79.9. The van der Waals surface area contributed by atoms with Crippen LogP contribution in [-0.4, -0.2) is 22.7 Å². The number of hydrogen-bond donors (Lipinski definition) is 0. The average Bonchev–Trinajstić information content (AvgIpc) is 2.65. The lowest BCUT2D eigenvalue weighted by molar-refractivity contribution is 0.0602. The maximum atomic E-state index is 11.5. The molecule has 0 unspecified atom stereocenters. The third kappa shape index (κ3) is 1.70. The fourth-order valence-electron chi connectivity index (χ4n) is 1.47. The van der Waals surface area contributed by atoms with E-state index in [0.717, 1.165) is 10.2 Å². The Balaban J connectivity index is 2.73. The summed E-state index contributed by atoms with van der Waals surface area (Å²) in [5.41, 5.74) is 2.02. The molecule has 0 aliphatic rings. The van der Waals surface area contributed by atoms with Gasteiger partial charge in [0.15, 0.2) is 0 Å². The second-order valence-electron chi connectivity index (χ2n) is 3.13. The van der Waals surface area contributed by atoms with E-state index >= 15 is 0 Å². The first-order valence-corrected chi connectivity index (χ1v) is 5.81. The van der Waals surface area contributed by atoms with E-state index in [9.17, 15) is 4.79 Å². The summed E-state index contributed by atoms with van der Waals surface area (Å²) in [6.45, 7) is 0. The predicted molar refractivity (Wildman–Crippen MR) is 63.8 cm³/mol. The van der Waals surface area contributed by atoms with Crippen molar-refractivity contribution < 1.29 is 9.53 Å². The minimum Gasteiger partial charge on any atom is -0.465 e. The number of ether oxygens (including phenoxy) is 1. The van der Waals surface area contributed by atoms with Crippen LogP contribution in [0.3, 0.4) is 0 Å². The van der Waals surface area contributed by atoms with Crippen LogP contribution in [0.15, 0.2) is 22.9 Å². The highest BCUT2D eigenvalue weighted by molar-refractivity contribution is 9.10. The summed E-state index contributed by atoms with van der Waals surface area (Å²) >= 11 is 9.16. The van der Waals surface area contributed by atoms with Crippen molar-refractivity contribution in [3.8, 4) is 0 Å². The van der Waals surface area contributed by atoms with Crippen LogP contribution in [0.4, 0.5) is 0 Å². The molecule has 0 aromatic carbocycles. The highest BCUT2D eigenvalue weighted by Crippen LogP contribution is 2.25. The van der Waals surface area contributed by atoms with Gasteiger partial charge in [0.2, 0.25) is 0 Å². The van der Waals surface area contributed by atoms with Gasteiger partial charge in [0, 0.05) is 11.8 Å². The molecule has 0 aliphatic heterocycles. The van der Waals surface area contributed by atoms with Crippen LogP contribution in [0, 0.1) is 0 Å². The van der Waals surface area contributed by atoms with Crippen molar-refractivity contribution in [3.05, 3.63) is 34.1 Å². The molecule has 0 spiro atoms. The largest absolute Gasteiger partial charge is 0.465 e. The summed E-state index contributed by atoms with van der Waals surface area (Å²) in [7, 11) is 1.35. The fourth-order valence-corrected chi connectivity index (χ4v) is 2.37. The molecule has 2 aromatic heterocycles.